The average Bonchev–Trinajstić information content (AvgIpc) is 2.15. The van der Waals surface area contributed by atoms with Crippen LogP contribution < -0.4 is 0 Å². The van der Waals surface area contributed by atoms with E-state index in [1.807, 2.05) is 0 Å². The molecule has 0 aromatic heterocycles. The number of benzene rings is 1. The third kappa shape index (κ3) is 2.77. The fourth-order valence-corrected chi connectivity index (χ4v) is 1.07. The molecule has 0 fully saturated rings. The van der Waals surface area contributed by atoms with E-state index in [0.717, 1.165) is 0 Å². The van der Waals surface area contributed by atoms with Crippen LogP contribution in [-0.4, -0.2) is 23.9 Å². The van der Waals surface area contributed by atoms with Crippen molar-refractivity contribution in [3.8, 4) is 0 Å². The van der Waals surface area contributed by atoms with Gasteiger partial charge in [-0.15, -0.1) is 0 Å². The van der Waals surface area contributed by atoms with Crippen molar-refractivity contribution in [2.75, 3.05) is 14.1 Å². The Bertz CT molecular complexity index is 402. The maximum absolute atomic E-state index is 13.3. The monoisotopic (exact) mass is 210 g/mol. The summed E-state index contributed by atoms with van der Waals surface area (Å²) in [6.45, 7) is 0. The molecule has 0 atom stereocenters. The largest absolute Gasteiger partial charge is 0.383 e. The van der Waals surface area contributed by atoms with Crippen molar-refractivity contribution in [1.82, 2.24) is 4.90 Å². The van der Waals surface area contributed by atoms with Gasteiger partial charge < -0.3 is 4.90 Å². The lowest BCUT2D eigenvalue weighted by Gasteiger charge is -2.04. The van der Waals surface area contributed by atoms with E-state index in [9.17, 15) is 14.5 Å². The molecule has 1 rings (SSSR count). The number of nitrogens with zero attached hydrogens (tertiary/aromatic N) is 2. The molecular formula is C10H11FN2O2. The molecule has 0 radical (unpaired) electrons. The van der Waals surface area contributed by atoms with E-state index >= 15 is 0 Å². The van der Waals surface area contributed by atoms with Gasteiger partial charge in [0, 0.05) is 20.2 Å². The molecule has 0 aliphatic heterocycles. The van der Waals surface area contributed by atoms with Crippen LogP contribution >= 0.6 is 0 Å². The minimum atomic E-state index is -0.599. The van der Waals surface area contributed by atoms with Crippen molar-refractivity contribution in [1.29, 1.82) is 0 Å². The van der Waals surface area contributed by atoms with Crippen LogP contribution in [-0.2, 0) is 0 Å². The Morgan fingerprint density at radius 2 is 2.13 bits per heavy atom. The summed E-state index contributed by atoms with van der Waals surface area (Å²) in [5.74, 6) is -0.595. The van der Waals surface area contributed by atoms with E-state index in [2.05, 4.69) is 0 Å². The molecule has 15 heavy (non-hydrogen) atoms. The van der Waals surface area contributed by atoms with Gasteiger partial charge in [0.1, 0.15) is 5.82 Å². The Labute approximate surface area is 86.8 Å². The molecular weight excluding hydrogens is 199 g/mol. The Balaban J connectivity index is 3.19. The van der Waals surface area contributed by atoms with E-state index in [1.54, 1.807) is 25.2 Å². The molecule has 0 N–H and O–H groups in total. The molecule has 80 valence electrons. The van der Waals surface area contributed by atoms with Crippen molar-refractivity contribution in [2.45, 2.75) is 0 Å². The number of rotatable bonds is 3. The SMILES string of the molecule is CN(C)/C=C/c1c(F)cccc1[N+](=O)[O-]. The summed E-state index contributed by atoms with van der Waals surface area (Å²) in [4.78, 5) is 11.7. The number of nitro benzene ring substituents is 1. The van der Waals surface area contributed by atoms with Crippen molar-refractivity contribution in [2.24, 2.45) is 0 Å². The number of hydrogen-bond donors (Lipinski definition) is 0. The maximum atomic E-state index is 13.3. The van der Waals surface area contributed by atoms with Gasteiger partial charge >= 0.3 is 0 Å². The highest BCUT2D eigenvalue weighted by atomic mass is 19.1. The van der Waals surface area contributed by atoms with Crippen molar-refractivity contribution in [3.63, 3.8) is 0 Å². The fraction of sp³-hybridized carbons (Fsp3) is 0.200. The first-order valence-electron chi connectivity index (χ1n) is 4.30. The standard InChI is InChI=1S/C10H11FN2O2/c1-12(2)7-6-8-9(11)4-3-5-10(8)13(14)15/h3-7H,1-2H3/b7-6+. The summed E-state index contributed by atoms with van der Waals surface area (Å²) >= 11 is 0. The lowest BCUT2D eigenvalue weighted by molar-refractivity contribution is -0.385. The fourth-order valence-electron chi connectivity index (χ4n) is 1.07. The summed E-state index contributed by atoms with van der Waals surface area (Å²) in [6, 6.07) is 3.79. The van der Waals surface area contributed by atoms with Gasteiger partial charge in [0.2, 0.25) is 0 Å². The van der Waals surface area contributed by atoms with E-state index in [0.29, 0.717) is 0 Å². The third-order valence-corrected chi connectivity index (χ3v) is 1.77. The van der Waals surface area contributed by atoms with Crippen LogP contribution in [0.15, 0.2) is 24.4 Å². The van der Waals surface area contributed by atoms with Gasteiger partial charge in [0.25, 0.3) is 5.69 Å². The molecule has 1 aromatic rings. The topological polar surface area (TPSA) is 46.4 Å². The first-order chi connectivity index (χ1) is 7.02. The van der Waals surface area contributed by atoms with E-state index < -0.39 is 10.7 Å². The highest BCUT2D eigenvalue weighted by Crippen LogP contribution is 2.22. The zero-order valence-electron chi connectivity index (χ0n) is 8.48. The molecule has 0 heterocycles. The molecule has 0 spiro atoms. The van der Waals surface area contributed by atoms with Crippen LogP contribution in [0.5, 0.6) is 0 Å². The predicted molar refractivity (Wildman–Crippen MR) is 55.8 cm³/mol. The normalized spacial score (nSPS) is 10.6. The molecule has 4 nitrogen and oxygen atoms in total. The number of hydrogen-bond acceptors (Lipinski definition) is 3. The molecule has 0 saturated heterocycles. The summed E-state index contributed by atoms with van der Waals surface area (Å²) in [7, 11) is 3.51. The zero-order chi connectivity index (χ0) is 11.4. The van der Waals surface area contributed by atoms with Gasteiger partial charge in [0.05, 0.1) is 10.5 Å². The third-order valence-electron chi connectivity index (χ3n) is 1.77. The van der Waals surface area contributed by atoms with Gasteiger partial charge in [-0.25, -0.2) is 4.39 Å². The molecule has 5 heteroatoms. The molecule has 0 aliphatic rings. The summed E-state index contributed by atoms with van der Waals surface area (Å²) in [6.07, 6.45) is 2.94. The van der Waals surface area contributed by atoms with Crippen LogP contribution in [0.2, 0.25) is 0 Å². The molecule has 0 saturated carbocycles. The Kier molecular flexibility index (Phi) is 3.38. The second-order valence-electron chi connectivity index (χ2n) is 3.21. The maximum Gasteiger partial charge on any atom is 0.279 e. The smallest absolute Gasteiger partial charge is 0.279 e. The van der Waals surface area contributed by atoms with Gasteiger partial charge in [-0.3, -0.25) is 10.1 Å². The van der Waals surface area contributed by atoms with Gasteiger partial charge in [-0.1, -0.05) is 6.07 Å². The molecule has 0 unspecified atom stereocenters. The second kappa shape index (κ2) is 4.54. The molecule has 0 bridgehead atoms. The van der Waals surface area contributed by atoms with Crippen molar-refractivity contribution >= 4 is 11.8 Å². The first kappa shape index (κ1) is 11.2. The van der Waals surface area contributed by atoms with Crippen LogP contribution in [0.4, 0.5) is 10.1 Å². The first-order valence-corrected chi connectivity index (χ1v) is 4.30. The minimum Gasteiger partial charge on any atom is -0.383 e. The highest BCUT2D eigenvalue weighted by Gasteiger charge is 2.14. The summed E-state index contributed by atoms with van der Waals surface area (Å²) in [5.41, 5.74) is -0.232. The van der Waals surface area contributed by atoms with Gasteiger partial charge in [-0.05, 0) is 18.3 Å². The van der Waals surface area contributed by atoms with E-state index in [-0.39, 0.29) is 11.3 Å². The van der Waals surface area contributed by atoms with Gasteiger partial charge in [0.15, 0.2) is 0 Å². The summed E-state index contributed by atoms with van der Waals surface area (Å²) < 4.78 is 13.3. The molecule has 0 amide bonds. The quantitative estimate of drug-likeness (QED) is 0.568. The number of halogens is 1. The number of nitro groups is 1. The van der Waals surface area contributed by atoms with Crippen LogP contribution in [0.1, 0.15) is 5.56 Å². The Hall–Kier alpha value is -1.91. The average molecular weight is 210 g/mol. The van der Waals surface area contributed by atoms with E-state index in [1.165, 1.54) is 24.3 Å². The van der Waals surface area contributed by atoms with Crippen LogP contribution in [0, 0.1) is 15.9 Å². The Morgan fingerprint density at radius 3 is 2.67 bits per heavy atom. The zero-order valence-corrected chi connectivity index (χ0v) is 8.48. The van der Waals surface area contributed by atoms with Crippen LogP contribution in [0.25, 0.3) is 6.08 Å². The highest BCUT2D eigenvalue weighted by molar-refractivity contribution is 5.61. The predicted octanol–water partition coefficient (Wildman–Crippen LogP) is 2.27. The van der Waals surface area contributed by atoms with E-state index in [4.69, 9.17) is 0 Å². The second-order valence-corrected chi connectivity index (χ2v) is 3.21. The Morgan fingerprint density at radius 1 is 1.47 bits per heavy atom. The lowest BCUT2D eigenvalue weighted by Crippen LogP contribution is -2.01. The molecule has 0 aliphatic carbocycles. The van der Waals surface area contributed by atoms with Crippen molar-refractivity contribution in [3.05, 3.63) is 45.9 Å². The van der Waals surface area contributed by atoms with Crippen LogP contribution in [0.3, 0.4) is 0 Å². The van der Waals surface area contributed by atoms with Crippen molar-refractivity contribution < 1.29 is 9.31 Å². The lowest BCUT2D eigenvalue weighted by atomic mass is 10.1. The van der Waals surface area contributed by atoms with Gasteiger partial charge in [-0.2, -0.15) is 0 Å². The summed E-state index contributed by atoms with van der Waals surface area (Å²) in [5, 5.41) is 10.6. The minimum absolute atomic E-state index is 0.00352. The molecule has 1 aromatic carbocycles.